The van der Waals surface area contributed by atoms with Crippen LogP contribution in [0, 0.1) is 0 Å². The molecule has 98 valence electrons. The van der Waals surface area contributed by atoms with Crippen molar-refractivity contribution in [1.29, 1.82) is 0 Å². The summed E-state index contributed by atoms with van der Waals surface area (Å²) in [4.78, 5) is 2.17. The van der Waals surface area contributed by atoms with Gasteiger partial charge in [0.25, 0.3) is 0 Å². The quantitative estimate of drug-likeness (QED) is 0.387. The summed E-state index contributed by atoms with van der Waals surface area (Å²) in [6.07, 6.45) is 1.14. The van der Waals surface area contributed by atoms with E-state index in [1.165, 1.54) is 5.75 Å². The molecule has 1 heterocycles. The predicted octanol–water partition coefficient (Wildman–Crippen LogP) is 2.38. The smallest absolute Gasteiger partial charge is 0.173 e. The van der Waals surface area contributed by atoms with E-state index in [2.05, 4.69) is 10.1 Å². The number of nitrogens with zero attached hydrogens (tertiary/aromatic N) is 2. The Hall–Kier alpha value is -1.07. The zero-order valence-corrected chi connectivity index (χ0v) is 11.7. The predicted molar refractivity (Wildman–Crippen MR) is 78.1 cm³/mol. The van der Waals surface area contributed by atoms with Gasteiger partial charge in [0.1, 0.15) is 0 Å². The molecule has 1 aromatic carbocycles. The van der Waals surface area contributed by atoms with Crippen molar-refractivity contribution < 1.29 is 5.21 Å². The average Bonchev–Trinajstić information content (AvgIpc) is 2.90. The second-order valence-electron chi connectivity index (χ2n) is 4.25. The summed E-state index contributed by atoms with van der Waals surface area (Å²) in [6, 6.07) is 6.04. The van der Waals surface area contributed by atoms with Crippen LogP contribution in [0.4, 0.5) is 5.69 Å². The number of hydrogen-bond acceptors (Lipinski definition) is 4. The molecule has 0 aromatic heterocycles. The van der Waals surface area contributed by atoms with Gasteiger partial charge in [-0.3, -0.25) is 0 Å². The molecule has 3 N–H and O–H groups in total. The number of nitrogens with two attached hydrogens (primary N) is 1. The lowest BCUT2D eigenvalue weighted by molar-refractivity contribution is 0.318. The molecule has 1 aromatic rings. The maximum atomic E-state index is 8.87. The Morgan fingerprint density at radius 3 is 3.00 bits per heavy atom. The van der Waals surface area contributed by atoms with Crippen molar-refractivity contribution >= 4 is 34.9 Å². The first-order valence-corrected chi connectivity index (χ1v) is 7.25. The lowest BCUT2D eigenvalue weighted by Gasteiger charge is -2.28. The average molecular weight is 286 g/mol. The van der Waals surface area contributed by atoms with Crippen LogP contribution in [-0.2, 0) is 0 Å². The van der Waals surface area contributed by atoms with Gasteiger partial charge in [0.05, 0.1) is 10.6 Å². The number of hydrogen-bond donors (Lipinski definition) is 2. The number of oxime groups is 1. The molecule has 0 saturated carbocycles. The van der Waals surface area contributed by atoms with Gasteiger partial charge in [-0.1, -0.05) is 22.8 Å². The molecule has 1 aliphatic heterocycles. The van der Waals surface area contributed by atoms with Gasteiger partial charge in [0, 0.05) is 24.5 Å². The zero-order valence-electron chi connectivity index (χ0n) is 10.1. The maximum absolute atomic E-state index is 8.87. The summed E-state index contributed by atoms with van der Waals surface area (Å²) in [5, 5.41) is 12.4. The zero-order chi connectivity index (χ0) is 13.1. The Morgan fingerprint density at radius 2 is 2.39 bits per heavy atom. The fraction of sp³-hybridized carbons (Fsp3) is 0.417. The van der Waals surface area contributed by atoms with Gasteiger partial charge in [0.2, 0.25) is 0 Å². The van der Waals surface area contributed by atoms with E-state index in [1.807, 2.05) is 30.9 Å². The second kappa shape index (κ2) is 5.71. The second-order valence-corrected chi connectivity index (χ2v) is 5.80. The molecule has 1 unspecified atom stereocenters. The van der Waals surface area contributed by atoms with Crippen LogP contribution in [0.1, 0.15) is 12.0 Å². The number of amidine groups is 1. The van der Waals surface area contributed by atoms with E-state index < -0.39 is 0 Å². The Balaban J connectivity index is 2.40. The lowest BCUT2D eigenvalue weighted by atomic mass is 10.1. The molecule has 1 saturated heterocycles. The lowest BCUT2D eigenvalue weighted by Crippen LogP contribution is -2.33. The molecule has 0 spiro atoms. The molecule has 6 heteroatoms. The van der Waals surface area contributed by atoms with E-state index in [0.717, 1.165) is 17.9 Å². The first kappa shape index (κ1) is 13.4. The number of halogens is 1. The Morgan fingerprint density at radius 1 is 1.61 bits per heavy atom. The molecule has 0 aliphatic carbocycles. The third-order valence-corrected chi connectivity index (χ3v) is 4.65. The molecule has 2 rings (SSSR count). The number of rotatable bonds is 3. The van der Waals surface area contributed by atoms with Gasteiger partial charge in [-0.2, -0.15) is 11.8 Å². The Bertz CT molecular complexity index is 461. The summed E-state index contributed by atoms with van der Waals surface area (Å²) >= 11 is 8.09. The van der Waals surface area contributed by atoms with Gasteiger partial charge in [-0.25, -0.2) is 0 Å². The van der Waals surface area contributed by atoms with Crippen LogP contribution in [-0.4, -0.2) is 35.6 Å². The highest BCUT2D eigenvalue weighted by molar-refractivity contribution is 7.99. The summed E-state index contributed by atoms with van der Waals surface area (Å²) in [7, 11) is 2.02. The summed E-state index contributed by atoms with van der Waals surface area (Å²) < 4.78 is 0. The van der Waals surface area contributed by atoms with Crippen LogP contribution in [0.2, 0.25) is 5.02 Å². The molecule has 4 nitrogen and oxygen atoms in total. The van der Waals surface area contributed by atoms with E-state index >= 15 is 0 Å². The molecule has 0 amide bonds. The highest BCUT2D eigenvalue weighted by Gasteiger charge is 2.23. The summed E-state index contributed by atoms with van der Waals surface area (Å²) in [5.41, 5.74) is 7.22. The minimum absolute atomic E-state index is 0.0492. The molecular formula is C12H16ClN3OS. The van der Waals surface area contributed by atoms with E-state index in [9.17, 15) is 0 Å². The van der Waals surface area contributed by atoms with Gasteiger partial charge < -0.3 is 15.8 Å². The molecule has 1 aliphatic rings. The van der Waals surface area contributed by atoms with Crippen molar-refractivity contribution in [3.63, 3.8) is 0 Å². The number of benzene rings is 1. The first-order valence-electron chi connectivity index (χ1n) is 5.72. The van der Waals surface area contributed by atoms with E-state index in [0.29, 0.717) is 16.6 Å². The summed E-state index contributed by atoms with van der Waals surface area (Å²) in [6.45, 7) is 0. The molecule has 0 radical (unpaired) electrons. The Labute approximate surface area is 116 Å². The normalized spacial score (nSPS) is 20.1. The van der Waals surface area contributed by atoms with Crippen LogP contribution >= 0.6 is 23.4 Å². The van der Waals surface area contributed by atoms with Crippen LogP contribution in [0.15, 0.2) is 23.4 Å². The van der Waals surface area contributed by atoms with Crippen molar-refractivity contribution in [3.05, 3.63) is 28.8 Å². The first-order chi connectivity index (χ1) is 8.65. The van der Waals surface area contributed by atoms with Crippen molar-refractivity contribution in [2.45, 2.75) is 12.5 Å². The molecule has 1 atom stereocenters. The monoisotopic (exact) mass is 285 g/mol. The van der Waals surface area contributed by atoms with Crippen molar-refractivity contribution in [2.24, 2.45) is 10.9 Å². The third-order valence-electron chi connectivity index (χ3n) is 3.19. The minimum Gasteiger partial charge on any atom is -0.409 e. The van der Waals surface area contributed by atoms with E-state index in [4.69, 9.17) is 22.5 Å². The number of anilines is 1. The van der Waals surface area contributed by atoms with Gasteiger partial charge in [-0.15, -0.1) is 0 Å². The van der Waals surface area contributed by atoms with Crippen LogP contribution in [0.25, 0.3) is 0 Å². The largest absolute Gasteiger partial charge is 0.409 e. The molecule has 1 fully saturated rings. The highest BCUT2D eigenvalue weighted by atomic mass is 35.5. The van der Waals surface area contributed by atoms with E-state index in [1.54, 1.807) is 6.07 Å². The highest BCUT2D eigenvalue weighted by Crippen LogP contribution is 2.31. The van der Waals surface area contributed by atoms with Crippen LogP contribution < -0.4 is 10.6 Å². The van der Waals surface area contributed by atoms with Crippen LogP contribution in [0.5, 0.6) is 0 Å². The molecular weight excluding hydrogens is 270 g/mol. The minimum atomic E-state index is 0.0492. The van der Waals surface area contributed by atoms with Gasteiger partial charge in [-0.05, 0) is 24.3 Å². The number of thioether (sulfide) groups is 1. The molecule has 18 heavy (non-hydrogen) atoms. The fourth-order valence-corrected chi connectivity index (χ4v) is 3.67. The molecule has 0 bridgehead atoms. The van der Waals surface area contributed by atoms with E-state index in [-0.39, 0.29) is 5.84 Å². The topological polar surface area (TPSA) is 61.8 Å². The van der Waals surface area contributed by atoms with Crippen LogP contribution in [0.3, 0.4) is 0 Å². The van der Waals surface area contributed by atoms with Gasteiger partial charge in [0.15, 0.2) is 5.84 Å². The van der Waals surface area contributed by atoms with Crippen molar-refractivity contribution in [1.82, 2.24) is 0 Å². The summed E-state index contributed by atoms with van der Waals surface area (Å²) in [5.74, 6) is 2.32. The SMILES string of the molecule is CN(c1cccc(Cl)c1/C(N)=N/O)C1CCSC1. The third kappa shape index (κ3) is 2.52. The fourth-order valence-electron chi connectivity index (χ4n) is 2.13. The van der Waals surface area contributed by atoms with Crippen molar-refractivity contribution in [3.8, 4) is 0 Å². The van der Waals surface area contributed by atoms with Crippen molar-refractivity contribution in [2.75, 3.05) is 23.5 Å². The van der Waals surface area contributed by atoms with Gasteiger partial charge >= 0.3 is 0 Å². The standard InChI is InChI=1S/C12H16ClN3OS/c1-16(8-5-6-18-7-8)10-4-2-3-9(13)11(10)12(14)15-17/h2-4,8,17H,5-7H2,1H3,(H2,14,15). The maximum Gasteiger partial charge on any atom is 0.173 e. The Kier molecular flexibility index (Phi) is 4.24.